The fourth-order valence-corrected chi connectivity index (χ4v) is 6.53. The van der Waals surface area contributed by atoms with Crippen molar-refractivity contribution in [3.8, 4) is 52.3 Å². The smallest absolute Gasteiger partial charge is 0.345 e. The number of anilines is 8. The Hall–Kier alpha value is -10.1. The summed E-state index contributed by atoms with van der Waals surface area (Å²) in [4.78, 5) is 71.5. The molecule has 8 rings (SSSR count). The highest BCUT2D eigenvalue weighted by Gasteiger charge is 2.18. The maximum absolute atomic E-state index is 12.4. The molecule has 0 unspecified atom stereocenters. The Bertz CT molecular complexity index is 3390. The Morgan fingerprint density at radius 2 is 0.818 bits per heavy atom. The zero-order valence-electron chi connectivity index (χ0n) is 44.4. The van der Waals surface area contributed by atoms with Gasteiger partial charge in [0.2, 0.25) is 0 Å². The van der Waals surface area contributed by atoms with Crippen LogP contribution in [-0.2, 0) is 0 Å². The molecule has 23 nitrogen and oxygen atoms in total. The largest absolute Gasteiger partial charge is 0.467 e. The van der Waals surface area contributed by atoms with Gasteiger partial charge in [-0.1, -0.05) is 36.4 Å². The van der Waals surface area contributed by atoms with E-state index in [0.717, 1.165) is 27.9 Å². The predicted octanol–water partition coefficient (Wildman–Crippen LogP) is 6.47. The van der Waals surface area contributed by atoms with Crippen LogP contribution in [0.4, 0.5) is 45.5 Å². The zero-order chi connectivity index (χ0) is 57.9. The Kier molecular flexibility index (Phi) is 19.4. The lowest BCUT2D eigenvalue weighted by molar-refractivity contribution is 0.0701. The molecule has 0 aliphatic heterocycles. The van der Waals surface area contributed by atoms with Gasteiger partial charge < -0.3 is 68.7 Å². The van der Waals surface area contributed by atoms with E-state index in [1.807, 2.05) is 55.6 Å². The molecule has 0 atom stereocenters. The molecule has 0 fully saturated rings. The molecular formula is C52H54BN14O9P. The van der Waals surface area contributed by atoms with E-state index in [4.69, 9.17) is 60.6 Å². The van der Waals surface area contributed by atoms with Crippen LogP contribution in [0.2, 0.25) is 0 Å². The molecule has 2 radical (unpaired) electrons. The van der Waals surface area contributed by atoms with Gasteiger partial charge in [0.15, 0.2) is 5.78 Å². The number of nitrogens with one attached hydrogen (secondary N) is 2. The lowest BCUT2D eigenvalue weighted by atomic mass is 10.0. The van der Waals surface area contributed by atoms with E-state index in [0.29, 0.717) is 56.8 Å². The number of carbonyl (C=O) groups is 4. The monoisotopic (exact) mass is 1060 g/mol. The van der Waals surface area contributed by atoms with E-state index >= 15 is 0 Å². The van der Waals surface area contributed by atoms with Gasteiger partial charge >= 0.3 is 42.0 Å². The van der Waals surface area contributed by atoms with Crippen LogP contribution < -0.4 is 68.7 Å². The standard InChI is InChI=1S/C22H22N4O2.C18H16N6O7.C12H14N4.BH2P/c1-13(27)14-3-5-15(6-4-14)22(28)26-21-10-8-17(12-19(21)24)16-7-9-20(25-2)18(23)11-16;1-9-19-14(27-2)22-17(20-9)30-12(25)10-5-7-11(8-6-10)13(26)31-18-23-15(28-3)21-16(24-18)29-4;13-9-3-1-7(5-11(9)15)8-2-4-10(14)12(16)6-8;1-2/h3-12,25H,23-24H2,1-2H3,(H,26,28);5-8H,1-4H3;1-6H,13-16H2;2H2/i;;;2T2. The van der Waals surface area contributed by atoms with Crippen LogP contribution >= 0.6 is 9.01 Å². The number of benzene rings is 6. The lowest BCUT2D eigenvalue weighted by Crippen LogP contribution is -2.14. The molecule has 8 aromatic rings. The van der Waals surface area contributed by atoms with Crippen molar-refractivity contribution in [2.75, 3.05) is 73.4 Å². The van der Waals surface area contributed by atoms with E-state index in [2.05, 4.69) is 48.1 Å². The Morgan fingerprint density at radius 3 is 1.21 bits per heavy atom. The van der Waals surface area contributed by atoms with E-state index in [9.17, 15) is 19.2 Å². The number of aromatic nitrogens is 6. The van der Waals surface area contributed by atoms with Gasteiger partial charge in [-0.3, -0.25) is 9.59 Å². The number of aryl methyl sites for hydroxylation is 1. The first-order valence-corrected chi connectivity index (χ1v) is 23.0. The van der Waals surface area contributed by atoms with Gasteiger partial charge in [0, 0.05) is 20.7 Å². The van der Waals surface area contributed by atoms with Gasteiger partial charge in [0.1, 0.15) is 5.82 Å². The minimum Gasteiger partial charge on any atom is -0.467 e. The summed E-state index contributed by atoms with van der Waals surface area (Å²) in [6.45, 7) is 3.08. The molecule has 0 bridgehead atoms. The molecule has 0 aliphatic rings. The molecule has 394 valence electrons. The molecule has 25 heteroatoms. The van der Waals surface area contributed by atoms with Crippen molar-refractivity contribution in [2.45, 2.75) is 13.8 Å². The number of ketones is 1. The summed E-state index contributed by atoms with van der Waals surface area (Å²) in [7, 11) is 8.76. The molecule has 0 saturated carbocycles. The third-order valence-electron chi connectivity index (χ3n) is 10.6. The SMILES string of the molecule is CNc1ccc(-c2ccc(NC(=O)c3ccc(C(C)=O)cc3)c(N)c2)cc1N.COc1nc(C)nc(OC(=O)c2ccc(C(=O)Oc3nc(OC)nc(OC)n3)cc2)n1.Nc1ccc(-c2ccc(N)c(N)c2)cc1N.[3H]P([3H])[B]. The highest BCUT2D eigenvalue weighted by atomic mass is 31.0. The van der Waals surface area contributed by atoms with E-state index in [1.165, 1.54) is 52.5 Å². The molecular weight excluding hydrogens is 1010 g/mol. The van der Waals surface area contributed by atoms with Gasteiger partial charge in [-0.25, -0.2) is 9.59 Å². The minimum absolute atomic E-state index is 0.0139. The van der Waals surface area contributed by atoms with E-state index in [1.54, 1.807) is 55.5 Å². The number of rotatable bonds is 13. The van der Waals surface area contributed by atoms with Crippen molar-refractivity contribution < 1.29 is 42.9 Å². The number of carbonyl (C=O) groups excluding carboxylic acids is 4. The number of ether oxygens (including phenoxy) is 5. The predicted molar refractivity (Wildman–Crippen MR) is 300 cm³/mol. The van der Waals surface area contributed by atoms with Crippen LogP contribution in [0.1, 0.15) is 54.2 Å². The molecule has 14 N–H and O–H groups in total. The highest BCUT2D eigenvalue weighted by Crippen LogP contribution is 2.32. The van der Waals surface area contributed by atoms with Gasteiger partial charge in [-0.05, 0) is 121 Å². The zero-order valence-corrected chi connectivity index (χ0v) is 43.3. The molecule has 77 heavy (non-hydrogen) atoms. The van der Waals surface area contributed by atoms with Gasteiger partial charge in [-0.2, -0.15) is 19.0 Å². The molecule has 2 heterocycles. The maximum Gasteiger partial charge on any atom is 0.345 e. The molecule has 0 aliphatic carbocycles. The maximum atomic E-state index is 12.4. The lowest BCUT2D eigenvalue weighted by Gasteiger charge is -2.12. The third kappa shape index (κ3) is 16.0. The fraction of sp³-hybridized carbons (Fsp3) is 0.115. The first-order valence-electron chi connectivity index (χ1n) is 23.4. The number of esters is 2. The number of amides is 1. The van der Waals surface area contributed by atoms with Crippen LogP contribution in [-0.4, -0.2) is 92.0 Å². The van der Waals surface area contributed by atoms with Crippen molar-refractivity contribution in [2.24, 2.45) is 0 Å². The van der Waals surface area contributed by atoms with Crippen LogP contribution in [0.3, 0.4) is 0 Å². The van der Waals surface area contributed by atoms with E-state index < -0.39 is 20.9 Å². The Labute approximate surface area is 448 Å². The van der Waals surface area contributed by atoms with E-state index in [-0.39, 0.29) is 52.9 Å². The minimum atomic E-state index is -1.62. The fourth-order valence-electron chi connectivity index (χ4n) is 6.53. The molecule has 0 saturated heterocycles. The number of nitrogens with zero attached hydrogens (tertiary/aromatic N) is 6. The topological polar surface area (TPSA) is 372 Å². The number of Topliss-reactive ketones (excluding diaryl/α,β-unsaturated/α-hetero) is 1. The van der Waals surface area contributed by atoms with Crippen LogP contribution in [0.15, 0.2) is 121 Å². The summed E-state index contributed by atoms with van der Waals surface area (Å²) in [5, 5.41) is 5.83. The number of hydrogen-bond donors (Lipinski definition) is 8. The van der Waals surface area contributed by atoms with Crippen molar-refractivity contribution >= 4 is 85.7 Å². The van der Waals surface area contributed by atoms with Crippen LogP contribution in [0.5, 0.6) is 30.1 Å². The number of nitrogens with two attached hydrogens (primary N) is 6. The Morgan fingerprint density at radius 1 is 0.481 bits per heavy atom. The second kappa shape index (κ2) is 27.3. The average molecular weight is 1060 g/mol. The quantitative estimate of drug-likeness (QED) is 0.0201. The summed E-state index contributed by atoms with van der Waals surface area (Å²) in [6.07, 6.45) is 0. The first-order chi connectivity index (χ1) is 37.6. The summed E-state index contributed by atoms with van der Waals surface area (Å²) in [6, 6.07) is 33.4. The number of methoxy groups -OCH3 is 3. The number of nitrogen functional groups attached to an aromatic ring is 6. The van der Waals surface area contributed by atoms with Gasteiger partial charge in [0.05, 0.1) is 85.5 Å². The third-order valence-corrected chi connectivity index (χ3v) is 10.6. The normalized spacial score (nSPS) is 10.5. The van der Waals surface area contributed by atoms with Crippen molar-refractivity contribution in [1.29, 1.82) is 2.56 Å². The summed E-state index contributed by atoms with van der Waals surface area (Å²) >= 11 is 0. The van der Waals surface area contributed by atoms with Gasteiger partial charge in [0.25, 0.3) is 5.91 Å². The molecule has 2 aromatic heterocycles. The second-order valence-electron chi connectivity index (χ2n) is 15.7. The van der Waals surface area contributed by atoms with Crippen molar-refractivity contribution in [3.63, 3.8) is 0 Å². The molecule has 1 amide bonds. The highest BCUT2D eigenvalue weighted by molar-refractivity contribution is 7.49. The Balaban J connectivity index is 0.000000219. The van der Waals surface area contributed by atoms with Crippen molar-refractivity contribution in [1.82, 2.24) is 29.9 Å². The number of hydrogen-bond acceptors (Lipinski definition) is 22. The average Bonchev–Trinajstić information content (AvgIpc) is 3.45. The summed E-state index contributed by atoms with van der Waals surface area (Å²) in [5.41, 5.74) is 44.8. The second-order valence-corrected chi connectivity index (χ2v) is 15.7. The summed E-state index contributed by atoms with van der Waals surface area (Å²) in [5.74, 6) is -1.53. The van der Waals surface area contributed by atoms with Crippen LogP contribution in [0, 0.1) is 6.92 Å². The van der Waals surface area contributed by atoms with Crippen molar-refractivity contribution in [3.05, 3.63) is 149 Å². The summed E-state index contributed by atoms with van der Waals surface area (Å²) < 4.78 is 37.1. The molecule has 0 spiro atoms. The first kappa shape index (κ1) is 54.7. The van der Waals surface area contributed by atoms with Gasteiger partial charge in [-0.15, -0.1) is 19.9 Å². The molecule has 6 aromatic carbocycles. The van der Waals surface area contributed by atoms with Crippen LogP contribution in [0.25, 0.3) is 22.3 Å².